The molecule has 1 saturated heterocycles. The maximum Gasteiger partial charge on any atom is 0.124 e. The zero-order valence-electron chi connectivity index (χ0n) is 8.53. The van der Waals surface area contributed by atoms with E-state index in [-0.39, 0.29) is 0 Å². The van der Waals surface area contributed by atoms with E-state index in [2.05, 4.69) is 17.6 Å². The Bertz CT molecular complexity index is 131. The van der Waals surface area contributed by atoms with Crippen LogP contribution in [0.1, 0.15) is 32.6 Å². The molecule has 78 valence electrons. The Morgan fingerprint density at radius 1 is 1.38 bits per heavy atom. The van der Waals surface area contributed by atoms with Gasteiger partial charge in [-0.15, -0.1) is 0 Å². The molecule has 1 fully saturated rings. The smallest absolute Gasteiger partial charge is 0.124 e. The molecule has 0 spiro atoms. The SMILES string of the molecule is CCCNCC1(F)CCCNCC1. The Morgan fingerprint density at radius 3 is 3.00 bits per heavy atom. The third-order valence-corrected chi connectivity index (χ3v) is 2.60. The second-order valence-corrected chi connectivity index (χ2v) is 3.93. The quantitative estimate of drug-likeness (QED) is 0.653. The molecule has 2 nitrogen and oxygen atoms in total. The second kappa shape index (κ2) is 5.55. The second-order valence-electron chi connectivity index (χ2n) is 3.93. The molecule has 1 unspecified atom stereocenters. The standard InChI is InChI=1S/C10H21FN2/c1-2-6-13-9-10(11)4-3-7-12-8-5-10/h12-13H,2-9H2,1H3. The van der Waals surface area contributed by atoms with E-state index in [1.165, 1.54) is 0 Å². The van der Waals surface area contributed by atoms with E-state index >= 15 is 0 Å². The lowest BCUT2D eigenvalue weighted by atomic mass is 9.97. The van der Waals surface area contributed by atoms with Crippen LogP contribution in [0.4, 0.5) is 4.39 Å². The van der Waals surface area contributed by atoms with E-state index in [9.17, 15) is 4.39 Å². The molecule has 0 aliphatic carbocycles. The molecule has 1 atom stereocenters. The molecule has 1 rings (SSSR count). The summed E-state index contributed by atoms with van der Waals surface area (Å²) in [5, 5.41) is 6.40. The lowest BCUT2D eigenvalue weighted by Gasteiger charge is -2.23. The highest BCUT2D eigenvalue weighted by Crippen LogP contribution is 2.23. The Balaban J connectivity index is 2.25. The average Bonchev–Trinajstić information content (AvgIpc) is 2.31. The normalized spacial score (nSPS) is 30.0. The van der Waals surface area contributed by atoms with Crippen molar-refractivity contribution >= 4 is 0 Å². The fourth-order valence-electron chi connectivity index (χ4n) is 1.76. The Morgan fingerprint density at radius 2 is 2.23 bits per heavy atom. The lowest BCUT2D eigenvalue weighted by molar-refractivity contribution is 0.141. The molecule has 13 heavy (non-hydrogen) atoms. The van der Waals surface area contributed by atoms with Gasteiger partial charge in [0.15, 0.2) is 0 Å². The van der Waals surface area contributed by atoms with E-state index < -0.39 is 5.67 Å². The van der Waals surface area contributed by atoms with Crippen molar-refractivity contribution in [3.8, 4) is 0 Å². The highest BCUT2D eigenvalue weighted by molar-refractivity contribution is 4.84. The van der Waals surface area contributed by atoms with Crippen LogP contribution < -0.4 is 10.6 Å². The van der Waals surface area contributed by atoms with Gasteiger partial charge in [-0.25, -0.2) is 4.39 Å². The molecular formula is C10H21FN2. The van der Waals surface area contributed by atoms with Crippen LogP contribution in [0.15, 0.2) is 0 Å². The topological polar surface area (TPSA) is 24.1 Å². The lowest BCUT2D eigenvalue weighted by Crippen LogP contribution is -2.37. The summed E-state index contributed by atoms with van der Waals surface area (Å²) < 4.78 is 14.1. The number of alkyl halides is 1. The van der Waals surface area contributed by atoms with Crippen LogP contribution in [0.25, 0.3) is 0 Å². The molecule has 0 amide bonds. The van der Waals surface area contributed by atoms with Crippen molar-refractivity contribution in [2.75, 3.05) is 26.2 Å². The minimum absolute atomic E-state index is 0.530. The largest absolute Gasteiger partial charge is 0.317 e. The van der Waals surface area contributed by atoms with Crippen molar-refractivity contribution < 1.29 is 4.39 Å². The fraction of sp³-hybridized carbons (Fsp3) is 1.00. The summed E-state index contributed by atoms with van der Waals surface area (Å²) in [6.07, 6.45) is 3.40. The minimum Gasteiger partial charge on any atom is -0.317 e. The number of nitrogens with one attached hydrogen (secondary N) is 2. The third kappa shape index (κ3) is 4.05. The summed E-state index contributed by atoms with van der Waals surface area (Å²) in [5.41, 5.74) is -0.960. The van der Waals surface area contributed by atoms with Gasteiger partial charge >= 0.3 is 0 Å². The van der Waals surface area contributed by atoms with Gasteiger partial charge in [0.1, 0.15) is 5.67 Å². The monoisotopic (exact) mass is 188 g/mol. The number of rotatable bonds is 4. The van der Waals surface area contributed by atoms with Gasteiger partial charge in [0.2, 0.25) is 0 Å². The van der Waals surface area contributed by atoms with Gasteiger partial charge in [-0.2, -0.15) is 0 Å². The van der Waals surface area contributed by atoms with E-state index in [1.54, 1.807) is 0 Å². The van der Waals surface area contributed by atoms with Crippen LogP contribution in [-0.4, -0.2) is 31.8 Å². The van der Waals surface area contributed by atoms with Gasteiger partial charge in [0.25, 0.3) is 0 Å². The molecule has 0 aromatic heterocycles. The van der Waals surface area contributed by atoms with Crippen LogP contribution in [0.2, 0.25) is 0 Å². The van der Waals surface area contributed by atoms with E-state index in [4.69, 9.17) is 0 Å². The van der Waals surface area contributed by atoms with Crippen LogP contribution in [0, 0.1) is 0 Å². The summed E-state index contributed by atoms with van der Waals surface area (Å²) in [5.74, 6) is 0. The van der Waals surface area contributed by atoms with Crippen LogP contribution >= 0.6 is 0 Å². The van der Waals surface area contributed by atoms with Crippen LogP contribution in [0.5, 0.6) is 0 Å². The Kier molecular flexibility index (Phi) is 4.67. The zero-order valence-corrected chi connectivity index (χ0v) is 8.53. The predicted molar refractivity (Wildman–Crippen MR) is 53.7 cm³/mol. The maximum atomic E-state index is 14.1. The zero-order chi connectivity index (χ0) is 9.57. The van der Waals surface area contributed by atoms with Gasteiger partial charge in [-0.1, -0.05) is 6.92 Å². The first-order valence-corrected chi connectivity index (χ1v) is 5.37. The van der Waals surface area contributed by atoms with Gasteiger partial charge in [-0.3, -0.25) is 0 Å². The molecule has 2 N–H and O–H groups in total. The number of hydrogen-bond donors (Lipinski definition) is 2. The minimum atomic E-state index is -0.960. The maximum absolute atomic E-state index is 14.1. The average molecular weight is 188 g/mol. The molecule has 3 heteroatoms. The van der Waals surface area contributed by atoms with Crippen molar-refractivity contribution in [1.29, 1.82) is 0 Å². The molecule has 0 bridgehead atoms. The van der Waals surface area contributed by atoms with Crippen LogP contribution in [-0.2, 0) is 0 Å². The molecule has 0 aromatic carbocycles. The first-order valence-electron chi connectivity index (χ1n) is 5.37. The predicted octanol–water partition coefficient (Wildman–Crippen LogP) is 1.47. The highest BCUT2D eigenvalue weighted by atomic mass is 19.1. The molecule has 0 radical (unpaired) electrons. The van der Waals surface area contributed by atoms with Crippen molar-refractivity contribution in [2.45, 2.75) is 38.3 Å². The molecule has 0 saturated carbocycles. The number of halogens is 1. The van der Waals surface area contributed by atoms with Crippen molar-refractivity contribution in [3.05, 3.63) is 0 Å². The van der Waals surface area contributed by atoms with Crippen LogP contribution in [0.3, 0.4) is 0 Å². The van der Waals surface area contributed by atoms with E-state index in [0.717, 1.165) is 32.5 Å². The first-order chi connectivity index (χ1) is 6.27. The summed E-state index contributed by atoms with van der Waals surface area (Å²) >= 11 is 0. The Labute approximate surface area is 80.3 Å². The summed E-state index contributed by atoms with van der Waals surface area (Å²) in [6.45, 7) is 5.36. The van der Waals surface area contributed by atoms with Crippen molar-refractivity contribution in [2.24, 2.45) is 0 Å². The van der Waals surface area contributed by atoms with Crippen molar-refractivity contribution in [1.82, 2.24) is 10.6 Å². The van der Waals surface area contributed by atoms with Crippen molar-refractivity contribution in [3.63, 3.8) is 0 Å². The Hall–Kier alpha value is -0.150. The van der Waals surface area contributed by atoms with Gasteiger partial charge in [-0.05, 0) is 45.3 Å². The molecule has 0 aromatic rings. The summed E-state index contributed by atoms with van der Waals surface area (Å²) in [7, 11) is 0. The molecular weight excluding hydrogens is 167 g/mol. The molecule has 1 aliphatic rings. The van der Waals surface area contributed by atoms with E-state index in [0.29, 0.717) is 19.4 Å². The first kappa shape index (κ1) is 10.9. The highest BCUT2D eigenvalue weighted by Gasteiger charge is 2.29. The number of hydrogen-bond acceptors (Lipinski definition) is 2. The van der Waals surface area contributed by atoms with Gasteiger partial charge < -0.3 is 10.6 Å². The fourth-order valence-corrected chi connectivity index (χ4v) is 1.76. The van der Waals surface area contributed by atoms with Gasteiger partial charge in [0.05, 0.1) is 0 Å². The van der Waals surface area contributed by atoms with E-state index in [1.807, 2.05) is 0 Å². The molecule has 1 aliphatic heterocycles. The summed E-state index contributed by atoms with van der Waals surface area (Å²) in [6, 6.07) is 0. The molecule has 1 heterocycles. The third-order valence-electron chi connectivity index (χ3n) is 2.60. The summed E-state index contributed by atoms with van der Waals surface area (Å²) in [4.78, 5) is 0. The van der Waals surface area contributed by atoms with Gasteiger partial charge in [0, 0.05) is 6.54 Å².